The van der Waals surface area contributed by atoms with Gasteiger partial charge < -0.3 is 0 Å². The van der Waals surface area contributed by atoms with Gasteiger partial charge in [-0.15, -0.1) is 0 Å². The van der Waals surface area contributed by atoms with Gasteiger partial charge in [0.05, 0.1) is 16.5 Å². The summed E-state index contributed by atoms with van der Waals surface area (Å²) >= 11 is 0. The van der Waals surface area contributed by atoms with Gasteiger partial charge in [-0.05, 0) is 32.4 Å². The molecular formula is C11H14N2O2S. The molecule has 0 heterocycles. The van der Waals surface area contributed by atoms with Crippen molar-refractivity contribution in [1.82, 2.24) is 0 Å². The minimum atomic E-state index is -3.40. The Morgan fingerprint density at radius 2 is 2.00 bits per heavy atom. The molecule has 0 amide bonds. The Morgan fingerprint density at radius 3 is 2.50 bits per heavy atom. The van der Waals surface area contributed by atoms with E-state index in [1.807, 2.05) is 6.07 Å². The number of benzene rings is 1. The first kappa shape index (κ1) is 12.5. The Kier molecular flexibility index (Phi) is 3.55. The zero-order valence-electron chi connectivity index (χ0n) is 9.48. The van der Waals surface area contributed by atoms with Gasteiger partial charge in [0, 0.05) is 0 Å². The maximum absolute atomic E-state index is 11.7. The van der Waals surface area contributed by atoms with Gasteiger partial charge in [0.15, 0.2) is 0 Å². The molecular weight excluding hydrogens is 224 g/mol. The van der Waals surface area contributed by atoms with Crippen LogP contribution in [-0.4, -0.2) is 13.7 Å². The molecule has 0 atom stereocenters. The van der Waals surface area contributed by atoms with Crippen molar-refractivity contribution < 1.29 is 8.42 Å². The van der Waals surface area contributed by atoms with E-state index < -0.39 is 15.3 Å². The molecule has 0 fully saturated rings. The normalized spacial score (nSPS) is 11.2. The van der Waals surface area contributed by atoms with E-state index in [-0.39, 0.29) is 0 Å². The summed E-state index contributed by atoms with van der Waals surface area (Å²) in [6.07, 6.45) is 0. The Labute approximate surface area is 96.0 Å². The van der Waals surface area contributed by atoms with Crippen molar-refractivity contribution in [3.05, 3.63) is 29.3 Å². The Hall–Kier alpha value is -1.54. The molecule has 0 aromatic heterocycles. The average molecular weight is 238 g/mol. The van der Waals surface area contributed by atoms with Crippen LogP contribution in [0.15, 0.2) is 18.2 Å². The van der Waals surface area contributed by atoms with Crippen LogP contribution in [0.4, 0.5) is 5.69 Å². The molecule has 0 aliphatic heterocycles. The van der Waals surface area contributed by atoms with Crippen molar-refractivity contribution >= 4 is 15.7 Å². The van der Waals surface area contributed by atoms with E-state index in [4.69, 9.17) is 5.26 Å². The standard InChI is InChI=1S/C11H14N2O2S/c1-8(2)16(14,15)13-11-6-4-5-9(3)10(11)7-12/h4-6,8,13H,1-3H3. The molecule has 16 heavy (non-hydrogen) atoms. The third-order valence-corrected chi connectivity index (χ3v) is 4.00. The highest BCUT2D eigenvalue weighted by Gasteiger charge is 2.17. The van der Waals surface area contributed by atoms with Crippen molar-refractivity contribution in [3.63, 3.8) is 0 Å². The third kappa shape index (κ3) is 2.52. The second-order valence-corrected chi connectivity index (χ2v) is 6.04. The summed E-state index contributed by atoms with van der Waals surface area (Å²) in [6.45, 7) is 4.94. The molecule has 1 aromatic rings. The minimum absolute atomic E-state index is 0.344. The number of hydrogen-bond donors (Lipinski definition) is 1. The summed E-state index contributed by atoms with van der Waals surface area (Å²) in [5, 5.41) is 8.42. The van der Waals surface area contributed by atoms with Crippen LogP contribution in [0.3, 0.4) is 0 Å². The van der Waals surface area contributed by atoms with Gasteiger partial charge in [-0.25, -0.2) is 8.42 Å². The van der Waals surface area contributed by atoms with E-state index in [2.05, 4.69) is 4.72 Å². The molecule has 0 spiro atoms. The van der Waals surface area contributed by atoms with E-state index in [0.717, 1.165) is 5.56 Å². The first-order valence-corrected chi connectivity index (χ1v) is 6.44. The lowest BCUT2D eigenvalue weighted by atomic mass is 10.1. The molecule has 0 saturated carbocycles. The van der Waals surface area contributed by atoms with Crippen molar-refractivity contribution in [3.8, 4) is 6.07 Å². The van der Waals surface area contributed by atoms with Gasteiger partial charge in [0.2, 0.25) is 10.0 Å². The first-order chi connectivity index (χ1) is 7.38. The minimum Gasteiger partial charge on any atom is -0.282 e. The van der Waals surface area contributed by atoms with Gasteiger partial charge in [0.25, 0.3) is 0 Å². The fraction of sp³-hybridized carbons (Fsp3) is 0.364. The molecule has 86 valence electrons. The molecule has 4 nitrogen and oxygen atoms in total. The zero-order valence-corrected chi connectivity index (χ0v) is 10.3. The van der Waals surface area contributed by atoms with Gasteiger partial charge >= 0.3 is 0 Å². The van der Waals surface area contributed by atoms with Crippen molar-refractivity contribution in [2.45, 2.75) is 26.0 Å². The lowest BCUT2D eigenvalue weighted by Crippen LogP contribution is -2.23. The fourth-order valence-electron chi connectivity index (χ4n) is 1.17. The Morgan fingerprint density at radius 1 is 1.38 bits per heavy atom. The highest BCUT2D eigenvalue weighted by Crippen LogP contribution is 2.20. The van der Waals surface area contributed by atoms with E-state index in [1.54, 1.807) is 39.0 Å². The Bertz CT molecular complexity index is 527. The van der Waals surface area contributed by atoms with Gasteiger partial charge in [-0.1, -0.05) is 12.1 Å². The summed E-state index contributed by atoms with van der Waals surface area (Å²) in [4.78, 5) is 0. The van der Waals surface area contributed by atoms with Crippen LogP contribution in [0.25, 0.3) is 0 Å². The largest absolute Gasteiger partial charge is 0.282 e. The maximum atomic E-state index is 11.7. The molecule has 0 aliphatic carbocycles. The molecule has 1 aromatic carbocycles. The fourth-order valence-corrected chi connectivity index (χ4v) is 1.88. The molecule has 1 N–H and O–H groups in total. The van der Waals surface area contributed by atoms with E-state index in [0.29, 0.717) is 11.3 Å². The number of nitrogens with zero attached hydrogens (tertiary/aromatic N) is 1. The van der Waals surface area contributed by atoms with E-state index in [1.165, 1.54) is 0 Å². The molecule has 0 unspecified atom stereocenters. The summed E-state index contributed by atoms with van der Waals surface area (Å²) in [7, 11) is -3.40. The van der Waals surface area contributed by atoms with Gasteiger partial charge in [-0.3, -0.25) is 4.72 Å². The molecule has 0 radical (unpaired) electrons. The van der Waals surface area contributed by atoms with Crippen molar-refractivity contribution in [2.24, 2.45) is 0 Å². The van der Waals surface area contributed by atoms with E-state index >= 15 is 0 Å². The van der Waals surface area contributed by atoms with Crippen LogP contribution in [0.1, 0.15) is 25.0 Å². The summed E-state index contributed by atoms with van der Waals surface area (Å²) in [5.74, 6) is 0. The highest BCUT2D eigenvalue weighted by molar-refractivity contribution is 7.93. The monoisotopic (exact) mass is 238 g/mol. The molecule has 0 aliphatic rings. The van der Waals surface area contributed by atoms with Crippen LogP contribution in [0, 0.1) is 18.3 Å². The summed E-state index contributed by atoms with van der Waals surface area (Å²) in [5.41, 5.74) is 1.47. The first-order valence-electron chi connectivity index (χ1n) is 4.90. The number of nitriles is 1. The molecule has 0 bridgehead atoms. The average Bonchev–Trinajstić information content (AvgIpc) is 2.17. The van der Waals surface area contributed by atoms with Crippen molar-refractivity contribution in [2.75, 3.05) is 4.72 Å². The molecule has 1 rings (SSSR count). The maximum Gasteiger partial charge on any atom is 0.235 e. The molecule has 0 saturated heterocycles. The lowest BCUT2D eigenvalue weighted by molar-refractivity contribution is 0.593. The second kappa shape index (κ2) is 4.54. The van der Waals surface area contributed by atoms with Crippen LogP contribution in [-0.2, 0) is 10.0 Å². The van der Waals surface area contributed by atoms with Crippen LogP contribution in [0.5, 0.6) is 0 Å². The zero-order chi connectivity index (χ0) is 12.3. The summed E-state index contributed by atoms with van der Waals surface area (Å²) in [6, 6.07) is 7.07. The smallest absolute Gasteiger partial charge is 0.235 e. The Balaban J connectivity index is 3.18. The molecule has 5 heteroatoms. The van der Waals surface area contributed by atoms with Crippen molar-refractivity contribution in [1.29, 1.82) is 5.26 Å². The number of anilines is 1. The number of nitrogens with one attached hydrogen (secondary N) is 1. The van der Waals surface area contributed by atoms with Crippen LogP contribution < -0.4 is 4.72 Å². The lowest BCUT2D eigenvalue weighted by Gasteiger charge is -2.12. The number of hydrogen-bond acceptors (Lipinski definition) is 3. The quantitative estimate of drug-likeness (QED) is 0.875. The SMILES string of the molecule is Cc1cccc(NS(=O)(=O)C(C)C)c1C#N. The predicted octanol–water partition coefficient (Wildman–Crippen LogP) is 2.02. The van der Waals surface area contributed by atoms with Crippen LogP contribution in [0.2, 0.25) is 0 Å². The van der Waals surface area contributed by atoms with E-state index in [9.17, 15) is 8.42 Å². The summed E-state index contributed by atoms with van der Waals surface area (Å²) < 4.78 is 25.7. The topological polar surface area (TPSA) is 70.0 Å². The third-order valence-electron chi connectivity index (χ3n) is 2.26. The number of aryl methyl sites for hydroxylation is 1. The number of rotatable bonds is 3. The van der Waals surface area contributed by atoms with Gasteiger partial charge in [0.1, 0.15) is 6.07 Å². The van der Waals surface area contributed by atoms with Crippen LogP contribution >= 0.6 is 0 Å². The predicted molar refractivity (Wildman–Crippen MR) is 63.6 cm³/mol. The highest BCUT2D eigenvalue weighted by atomic mass is 32.2. The van der Waals surface area contributed by atoms with Gasteiger partial charge in [-0.2, -0.15) is 5.26 Å². The number of sulfonamides is 1. The second-order valence-electron chi connectivity index (χ2n) is 3.81.